The van der Waals surface area contributed by atoms with Crippen LogP contribution in [0.15, 0.2) is 24.4 Å². The number of methoxy groups -OCH3 is 2. The first kappa shape index (κ1) is 22.1. The number of hydrogen-bond donors (Lipinski definition) is 1. The molecule has 0 spiro atoms. The minimum Gasteiger partial charge on any atom is -0.493 e. The van der Waals surface area contributed by atoms with Gasteiger partial charge in [-0.05, 0) is 56.5 Å². The first-order valence-electron chi connectivity index (χ1n) is 11.0. The zero-order valence-corrected chi connectivity index (χ0v) is 19.4. The number of rotatable bonds is 7. The van der Waals surface area contributed by atoms with Gasteiger partial charge in [0.25, 0.3) is 5.91 Å². The van der Waals surface area contributed by atoms with Gasteiger partial charge in [0.15, 0.2) is 17.1 Å². The van der Waals surface area contributed by atoms with Crippen LogP contribution in [0.2, 0.25) is 0 Å². The summed E-state index contributed by atoms with van der Waals surface area (Å²) in [6.45, 7) is 9.12. The normalized spacial score (nSPS) is 13.9. The summed E-state index contributed by atoms with van der Waals surface area (Å²) in [6.07, 6.45) is 2.72. The van der Waals surface area contributed by atoms with Crippen LogP contribution in [-0.4, -0.2) is 59.4 Å². The average Bonchev–Trinajstić information content (AvgIpc) is 3.20. The average molecular weight is 438 g/mol. The van der Waals surface area contributed by atoms with E-state index in [0.29, 0.717) is 17.8 Å². The van der Waals surface area contributed by atoms with Gasteiger partial charge in [-0.15, -0.1) is 0 Å². The van der Waals surface area contributed by atoms with Gasteiger partial charge in [-0.2, -0.15) is 5.10 Å². The quantitative estimate of drug-likeness (QED) is 0.612. The monoisotopic (exact) mass is 437 g/mol. The number of nitrogens with zero attached hydrogens (tertiary/aromatic N) is 4. The molecule has 0 unspecified atom stereocenters. The van der Waals surface area contributed by atoms with Gasteiger partial charge in [0.05, 0.1) is 31.7 Å². The molecule has 1 amide bonds. The van der Waals surface area contributed by atoms with Gasteiger partial charge >= 0.3 is 0 Å². The second-order valence-corrected chi connectivity index (χ2v) is 8.48. The molecule has 4 rings (SSSR count). The molecular weight excluding hydrogens is 406 g/mol. The van der Waals surface area contributed by atoms with Crippen LogP contribution in [0.3, 0.4) is 0 Å². The molecule has 0 atom stereocenters. The van der Waals surface area contributed by atoms with Crippen LogP contribution in [-0.2, 0) is 13.0 Å². The molecule has 170 valence electrons. The largest absolute Gasteiger partial charge is 0.493 e. The topological polar surface area (TPSA) is 81.5 Å². The molecule has 0 aliphatic carbocycles. The Balaban J connectivity index is 1.38. The number of carbonyl (C=O) groups excluding carboxylic acids is 1. The van der Waals surface area contributed by atoms with Crippen molar-refractivity contribution in [1.29, 1.82) is 0 Å². The molecule has 8 heteroatoms. The van der Waals surface area contributed by atoms with E-state index in [2.05, 4.69) is 46.3 Å². The van der Waals surface area contributed by atoms with E-state index in [4.69, 9.17) is 9.47 Å². The number of carbonyl (C=O) groups is 1. The molecular formula is C24H31N5O3. The molecule has 2 aromatic heterocycles. The van der Waals surface area contributed by atoms with Crippen molar-refractivity contribution in [2.24, 2.45) is 0 Å². The van der Waals surface area contributed by atoms with Crippen LogP contribution < -0.4 is 14.8 Å². The van der Waals surface area contributed by atoms with Gasteiger partial charge in [0.2, 0.25) is 0 Å². The minimum absolute atomic E-state index is 0.0991. The highest BCUT2D eigenvalue weighted by atomic mass is 16.5. The molecule has 1 aromatic carbocycles. The number of ether oxygens (including phenoxy) is 2. The molecule has 0 saturated heterocycles. The standard InChI is InChI=1S/C24H31N5O3/c1-15(2)29-23-18(13-26-29)10-20(16(3)27-23)24(30)25-7-9-28-8-6-17-11-21(31-4)22(32-5)12-19(17)14-28/h10-13,15H,6-9,14H2,1-5H3,(H,25,30). The van der Waals surface area contributed by atoms with Crippen LogP contribution in [0.25, 0.3) is 11.0 Å². The number of nitrogens with one attached hydrogen (secondary N) is 1. The Labute approximate surface area is 188 Å². The summed E-state index contributed by atoms with van der Waals surface area (Å²) < 4.78 is 12.7. The molecule has 8 nitrogen and oxygen atoms in total. The molecule has 0 radical (unpaired) electrons. The van der Waals surface area contributed by atoms with Crippen LogP contribution in [0.5, 0.6) is 11.5 Å². The summed E-state index contributed by atoms with van der Waals surface area (Å²) in [5.74, 6) is 1.42. The third-order valence-electron chi connectivity index (χ3n) is 6.00. The van der Waals surface area contributed by atoms with Crippen molar-refractivity contribution in [3.05, 3.63) is 46.8 Å². The smallest absolute Gasteiger partial charge is 0.253 e. The molecule has 0 fully saturated rings. The lowest BCUT2D eigenvalue weighted by atomic mass is 9.99. The van der Waals surface area contributed by atoms with Gasteiger partial charge in [-0.1, -0.05) is 0 Å². The number of benzene rings is 1. The van der Waals surface area contributed by atoms with Crippen molar-refractivity contribution in [2.75, 3.05) is 33.9 Å². The first-order valence-corrected chi connectivity index (χ1v) is 11.0. The van der Waals surface area contributed by atoms with Crippen molar-refractivity contribution in [3.63, 3.8) is 0 Å². The third kappa shape index (κ3) is 4.27. The summed E-state index contributed by atoms with van der Waals surface area (Å²) >= 11 is 0. The van der Waals surface area contributed by atoms with Crippen LogP contribution in [0, 0.1) is 6.92 Å². The number of pyridine rings is 1. The maximum absolute atomic E-state index is 12.8. The Morgan fingerprint density at radius 2 is 1.88 bits per heavy atom. The van der Waals surface area contributed by atoms with Crippen molar-refractivity contribution in [2.45, 2.75) is 39.8 Å². The van der Waals surface area contributed by atoms with Gasteiger partial charge in [0, 0.05) is 37.6 Å². The minimum atomic E-state index is -0.0991. The molecule has 3 heterocycles. The molecule has 3 aromatic rings. The molecule has 1 aliphatic heterocycles. The van der Waals surface area contributed by atoms with E-state index in [-0.39, 0.29) is 11.9 Å². The van der Waals surface area contributed by atoms with E-state index in [1.807, 2.05) is 17.7 Å². The van der Waals surface area contributed by atoms with Crippen LogP contribution in [0.1, 0.15) is 47.1 Å². The molecule has 1 aliphatic rings. The highest BCUT2D eigenvalue weighted by molar-refractivity contribution is 5.98. The van der Waals surface area contributed by atoms with E-state index in [1.54, 1.807) is 20.4 Å². The van der Waals surface area contributed by atoms with Gasteiger partial charge < -0.3 is 14.8 Å². The Morgan fingerprint density at radius 1 is 1.16 bits per heavy atom. The predicted octanol–water partition coefficient (Wildman–Crippen LogP) is 3.13. The Morgan fingerprint density at radius 3 is 2.56 bits per heavy atom. The lowest BCUT2D eigenvalue weighted by molar-refractivity contribution is 0.0946. The van der Waals surface area contributed by atoms with E-state index >= 15 is 0 Å². The maximum atomic E-state index is 12.8. The molecule has 32 heavy (non-hydrogen) atoms. The summed E-state index contributed by atoms with van der Waals surface area (Å²) in [5.41, 5.74) is 4.66. The fraction of sp³-hybridized carbons (Fsp3) is 0.458. The fourth-order valence-corrected chi connectivity index (χ4v) is 4.23. The van der Waals surface area contributed by atoms with E-state index in [0.717, 1.165) is 48.6 Å². The summed E-state index contributed by atoms with van der Waals surface area (Å²) in [7, 11) is 3.32. The highest BCUT2D eigenvalue weighted by Crippen LogP contribution is 2.33. The number of hydrogen-bond acceptors (Lipinski definition) is 6. The summed E-state index contributed by atoms with van der Waals surface area (Å²) in [5, 5.41) is 8.33. The van der Waals surface area contributed by atoms with Gasteiger partial charge in [-0.3, -0.25) is 9.69 Å². The first-order chi connectivity index (χ1) is 15.4. The number of aryl methyl sites for hydroxylation is 1. The number of fused-ring (bicyclic) bond motifs is 2. The molecule has 1 N–H and O–H groups in total. The van der Waals surface area contributed by atoms with E-state index in [1.165, 1.54) is 11.1 Å². The zero-order valence-electron chi connectivity index (χ0n) is 19.4. The van der Waals surface area contributed by atoms with Crippen LogP contribution in [0.4, 0.5) is 0 Å². The Hall–Kier alpha value is -3.13. The fourth-order valence-electron chi connectivity index (χ4n) is 4.23. The van der Waals surface area contributed by atoms with Crippen molar-refractivity contribution in [1.82, 2.24) is 25.0 Å². The Bertz CT molecular complexity index is 1140. The Kier molecular flexibility index (Phi) is 6.32. The maximum Gasteiger partial charge on any atom is 0.253 e. The lowest BCUT2D eigenvalue weighted by Gasteiger charge is -2.29. The SMILES string of the molecule is COc1cc2c(cc1OC)CN(CCNC(=O)c1cc3cnn(C(C)C)c3nc1C)CC2. The second kappa shape index (κ2) is 9.16. The predicted molar refractivity (Wildman–Crippen MR) is 124 cm³/mol. The number of amides is 1. The second-order valence-electron chi connectivity index (χ2n) is 8.48. The zero-order chi connectivity index (χ0) is 22.8. The molecule has 0 saturated carbocycles. The lowest BCUT2D eigenvalue weighted by Crippen LogP contribution is -2.38. The van der Waals surface area contributed by atoms with Crippen LogP contribution >= 0.6 is 0 Å². The third-order valence-corrected chi connectivity index (χ3v) is 6.00. The molecule has 0 bridgehead atoms. The van der Waals surface area contributed by atoms with Crippen molar-refractivity contribution < 1.29 is 14.3 Å². The van der Waals surface area contributed by atoms with Gasteiger partial charge in [0.1, 0.15) is 0 Å². The van der Waals surface area contributed by atoms with E-state index in [9.17, 15) is 4.79 Å². The van der Waals surface area contributed by atoms with Crippen molar-refractivity contribution in [3.8, 4) is 11.5 Å². The summed E-state index contributed by atoms with van der Waals surface area (Å²) in [6, 6.07) is 6.23. The van der Waals surface area contributed by atoms with Crippen molar-refractivity contribution >= 4 is 16.9 Å². The highest BCUT2D eigenvalue weighted by Gasteiger charge is 2.20. The summed E-state index contributed by atoms with van der Waals surface area (Å²) in [4.78, 5) is 19.8. The number of aromatic nitrogens is 3. The van der Waals surface area contributed by atoms with Gasteiger partial charge in [-0.25, -0.2) is 9.67 Å². The van der Waals surface area contributed by atoms with E-state index < -0.39 is 0 Å².